The van der Waals surface area contributed by atoms with Crippen molar-refractivity contribution in [3.8, 4) is 0 Å². The standard InChI is InChI=1S/C16H18N2O5/c1-10(14-18-13(11(2)23-14)15(19)21-3)17-16(20)22-9-12-7-5-4-6-8-12/h4-8,10H,9H2,1-3H3,(H,17,20). The maximum absolute atomic E-state index is 11.8. The Morgan fingerprint density at radius 3 is 2.65 bits per heavy atom. The number of hydrogen-bond donors (Lipinski definition) is 1. The van der Waals surface area contributed by atoms with Gasteiger partial charge in [-0.2, -0.15) is 0 Å². The van der Waals surface area contributed by atoms with Gasteiger partial charge in [-0.25, -0.2) is 14.6 Å². The number of amides is 1. The summed E-state index contributed by atoms with van der Waals surface area (Å²) in [5.41, 5.74) is 0.976. The van der Waals surface area contributed by atoms with Crippen molar-refractivity contribution in [1.29, 1.82) is 0 Å². The zero-order valence-electron chi connectivity index (χ0n) is 13.2. The molecule has 0 saturated carbocycles. The van der Waals surface area contributed by atoms with Gasteiger partial charge in [0.1, 0.15) is 18.4 Å². The summed E-state index contributed by atoms with van der Waals surface area (Å²) in [6, 6.07) is 8.78. The van der Waals surface area contributed by atoms with Crippen LogP contribution in [0.3, 0.4) is 0 Å². The summed E-state index contributed by atoms with van der Waals surface area (Å²) in [6.07, 6.45) is -0.600. The van der Waals surface area contributed by atoms with Crippen molar-refractivity contribution >= 4 is 12.1 Å². The number of aryl methyl sites for hydroxylation is 1. The van der Waals surface area contributed by atoms with Crippen LogP contribution < -0.4 is 5.32 Å². The van der Waals surface area contributed by atoms with E-state index < -0.39 is 18.1 Å². The zero-order chi connectivity index (χ0) is 16.8. The number of oxazole rings is 1. The van der Waals surface area contributed by atoms with Gasteiger partial charge < -0.3 is 19.2 Å². The van der Waals surface area contributed by atoms with Gasteiger partial charge in [-0.15, -0.1) is 0 Å². The molecule has 7 heteroatoms. The molecule has 1 amide bonds. The van der Waals surface area contributed by atoms with E-state index in [2.05, 4.69) is 15.0 Å². The van der Waals surface area contributed by atoms with E-state index >= 15 is 0 Å². The molecule has 23 heavy (non-hydrogen) atoms. The van der Waals surface area contributed by atoms with Crippen LogP contribution >= 0.6 is 0 Å². The molecule has 1 aromatic carbocycles. The number of rotatable bonds is 5. The lowest BCUT2D eigenvalue weighted by Crippen LogP contribution is -2.27. The van der Waals surface area contributed by atoms with E-state index in [1.807, 2.05) is 30.3 Å². The SMILES string of the molecule is COC(=O)c1nc(C(C)NC(=O)OCc2ccccc2)oc1C. The first-order chi connectivity index (χ1) is 11.0. The highest BCUT2D eigenvalue weighted by Crippen LogP contribution is 2.17. The molecule has 1 atom stereocenters. The van der Waals surface area contributed by atoms with Crippen LogP contribution in [-0.2, 0) is 16.1 Å². The summed E-state index contributed by atoms with van der Waals surface area (Å²) in [5.74, 6) is -0.0472. The minimum Gasteiger partial charge on any atom is -0.464 e. The highest BCUT2D eigenvalue weighted by molar-refractivity contribution is 5.88. The second kappa shape index (κ2) is 7.44. The zero-order valence-corrected chi connectivity index (χ0v) is 13.2. The molecule has 0 spiro atoms. The van der Waals surface area contributed by atoms with E-state index in [0.29, 0.717) is 5.76 Å². The number of methoxy groups -OCH3 is 1. The molecule has 2 rings (SSSR count). The summed E-state index contributed by atoms with van der Waals surface area (Å²) in [5, 5.41) is 2.59. The number of ether oxygens (including phenoxy) is 2. The number of nitrogens with one attached hydrogen (secondary N) is 1. The highest BCUT2D eigenvalue weighted by Gasteiger charge is 2.22. The van der Waals surface area contributed by atoms with Gasteiger partial charge in [0.25, 0.3) is 0 Å². The minimum absolute atomic E-state index is 0.0915. The van der Waals surface area contributed by atoms with E-state index in [-0.39, 0.29) is 18.2 Å². The minimum atomic E-state index is -0.600. The van der Waals surface area contributed by atoms with Crippen molar-refractivity contribution in [3.05, 3.63) is 53.2 Å². The Labute approximate surface area is 133 Å². The fourth-order valence-corrected chi connectivity index (χ4v) is 1.89. The second-order valence-corrected chi connectivity index (χ2v) is 4.88. The maximum atomic E-state index is 11.8. The van der Waals surface area contributed by atoms with Crippen LogP contribution in [0.25, 0.3) is 0 Å². The van der Waals surface area contributed by atoms with Gasteiger partial charge in [0.2, 0.25) is 5.89 Å². The topological polar surface area (TPSA) is 90.7 Å². The van der Waals surface area contributed by atoms with Gasteiger partial charge in [0, 0.05) is 0 Å². The Balaban J connectivity index is 1.92. The molecule has 1 heterocycles. The molecular formula is C16H18N2O5. The normalized spacial score (nSPS) is 11.6. The largest absolute Gasteiger partial charge is 0.464 e. The molecule has 0 aliphatic carbocycles. The van der Waals surface area contributed by atoms with E-state index in [9.17, 15) is 9.59 Å². The third kappa shape index (κ3) is 4.32. The summed E-state index contributed by atoms with van der Waals surface area (Å²) in [7, 11) is 1.26. The summed E-state index contributed by atoms with van der Waals surface area (Å²) >= 11 is 0. The average Bonchev–Trinajstić information content (AvgIpc) is 2.95. The van der Waals surface area contributed by atoms with Crippen LogP contribution in [0.4, 0.5) is 4.79 Å². The number of carbonyl (C=O) groups is 2. The molecule has 0 fully saturated rings. The molecule has 1 aromatic heterocycles. The van der Waals surface area contributed by atoms with Crippen LogP contribution in [0.15, 0.2) is 34.7 Å². The highest BCUT2D eigenvalue weighted by atomic mass is 16.5. The first-order valence-electron chi connectivity index (χ1n) is 7.04. The van der Waals surface area contributed by atoms with Gasteiger partial charge in [0.05, 0.1) is 7.11 Å². The molecule has 0 aliphatic rings. The van der Waals surface area contributed by atoms with Crippen LogP contribution in [0, 0.1) is 6.92 Å². The average molecular weight is 318 g/mol. The Bertz CT molecular complexity index is 681. The quantitative estimate of drug-likeness (QED) is 0.852. The summed E-state index contributed by atoms with van der Waals surface area (Å²) in [6.45, 7) is 3.44. The molecule has 0 saturated heterocycles. The molecule has 0 bridgehead atoms. The summed E-state index contributed by atoms with van der Waals surface area (Å²) in [4.78, 5) is 27.3. The van der Waals surface area contributed by atoms with E-state index in [1.165, 1.54) is 7.11 Å². The van der Waals surface area contributed by atoms with Crippen molar-refractivity contribution < 1.29 is 23.5 Å². The lowest BCUT2D eigenvalue weighted by Gasteiger charge is -2.11. The number of esters is 1. The van der Waals surface area contributed by atoms with Gasteiger partial charge in [-0.05, 0) is 19.4 Å². The molecule has 2 aromatic rings. The predicted octanol–water partition coefficient (Wildman–Crippen LogP) is 2.76. The number of aromatic nitrogens is 1. The lowest BCUT2D eigenvalue weighted by atomic mass is 10.2. The van der Waals surface area contributed by atoms with Crippen LogP contribution in [-0.4, -0.2) is 24.2 Å². The molecule has 122 valence electrons. The summed E-state index contributed by atoms with van der Waals surface area (Å²) < 4.78 is 15.1. The van der Waals surface area contributed by atoms with E-state index in [1.54, 1.807) is 13.8 Å². The van der Waals surface area contributed by atoms with Crippen LogP contribution in [0.1, 0.15) is 40.7 Å². The molecular weight excluding hydrogens is 300 g/mol. The van der Waals surface area contributed by atoms with Gasteiger partial charge in [-0.1, -0.05) is 30.3 Å². The Morgan fingerprint density at radius 1 is 1.30 bits per heavy atom. The first kappa shape index (κ1) is 16.5. The number of carbonyl (C=O) groups excluding carboxylic acids is 2. The van der Waals surface area contributed by atoms with Crippen molar-refractivity contribution in [2.45, 2.75) is 26.5 Å². The van der Waals surface area contributed by atoms with Crippen molar-refractivity contribution in [1.82, 2.24) is 10.3 Å². The van der Waals surface area contributed by atoms with Gasteiger partial charge in [0.15, 0.2) is 5.69 Å². The number of alkyl carbamates (subject to hydrolysis) is 1. The van der Waals surface area contributed by atoms with Crippen molar-refractivity contribution in [2.75, 3.05) is 7.11 Å². The van der Waals surface area contributed by atoms with Gasteiger partial charge in [-0.3, -0.25) is 0 Å². The molecule has 7 nitrogen and oxygen atoms in total. The van der Waals surface area contributed by atoms with Crippen molar-refractivity contribution in [2.24, 2.45) is 0 Å². The third-order valence-electron chi connectivity index (χ3n) is 3.11. The number of hydrogen-bond acceptors (Lipinski definition) is 6. The fourth-order valence-electron chi connectivity index (χ4n) is 1.89. The second-order valence-electron chi connectivity index (χ2n) is 4.88. The third-order valence-corrected chi connectivity index (χ3v) is 3.11. The van der Waals surface area contributed by atoms with Crippen LogP contribution in [0.5, 0.6) is 0 Å². The van der Waals surface area contributed by atoms with Crippen molar-refractivity contribution in [3.63, 3.8) is 0 Å². The lowest BCUT2D eigenvalue weighted by molar-refractivity contribution is 0.0592. The fraction of sp³-hybridized carbons (Fsp3) is 0.312. The molecule has 0 radical (unpaired) electrons. The number of nitrogens with zero attached hydrogens (tertiary/aromatic N) is 1. The maximum Gasteiger partial charge on any atom is 0.408 e. The Morgan fingerprint density at radius 2 is 2.00 bits per heavy atom. The number of benzene rings is 1. The Hall–Kier alpha value is -2.83. The van der Waals surface area contributed by atoms with E-state index in [4.69, 9.17) is 9.15 Å². The first-order valence-corrected chi connectivity index (χ1v) is 7.04. The van der Waals surface area contributed by atoms with Crippen LogP contribution in [0.2, 0.25) is 0 Å². The van der Waals surface area contributed by atoms with Gasteiger partial charge >= 0.3 is 12.1 Å². The smallest absolute Gasteiger partial charge is 0.408 e. The molecule has 0 aliphatic heterocycles. The molecule has 1 unspecified atom stereocenters. The van der Waals surface area contributed by atoms with E-state index in [0.717, 1.165) is 5.56 Å². The Kier molecular flexibility index (Phi) is 5.35. The molecule has 1 N–H and O–H groups in total. The monoisotopic (exact) mass is 318 g/mol. The predicted molar refractivity (Wildman–Crippen MR) is 80.8 cm³/mol.